The fourth-order valence-corrected chi connectivity index (χ4v) is 6.77. The molecule has 0 saturated heterocycles. The molecule has 46 heavy (non-hydrogen) atoms. The molecular formula is C36H40ClN3O5S. The maximum Gasteiger partial charge on any atom is 0.264 e. The molecular weight excluding hydrogens is 622 g/mol. The Morgan fingerprint density at radius 3 is 2.22 bits per heavy atom. The van der Waals surface area contributed by atoms with Crippen molar-refractivity contribution < 1.29 is 22.7 Å². The van der Waals surface area contributed by atoms with Gasteiger partial charge in [-0.2, -0.15) is 0 Å². The lowest BCUT2D eigenvalue weighted by molar-refractivity contribution is -0.140. The number of nitrogens with one attached hydrogen (secondary N) is 1. The molecule has 0 aromatic heterocycles. The number of ether oxygens (including phenoxy) is 1. The molecule has 0 saturated carbocycles. The van der Waals surface area contributed by atoms with Gasteiger partial charge in [-0.15, -0.1) is 0 Å². The number of amides is 2. The van der Waals surface area contributed by atoms with E-state index in [-0.39, 0.29) is 35.2 Å². The van der Waals surface area contributed by atoms with E-state index in [1.807, 2.05) is 50.2 Å². The predicted molar refractivity (Wildman–Crippen MR) is 183 cm³/mol. The molecule has 1 atom stereocenters. The number of rotatable bonds is 15. The summed E-state index contributed by atoms with van der Waals surface area (Å²) in [6, 6.07) is 28.7. The lowest BCUT2D eigenvalue weighted by Crippen LogP contribution is -2.53. The number of carbonyl (C=O) groups excluding carboxylic acids is 2. The standard InChI is InChI=1S/C36H40ClN3O5S/c1-4-5-21-38-36(42)33(24-28-13-8-6-9-14-28)39(25-29-15-12-16-30(37)23-29)35(41)26-40(32-22-27(2)19-20-34(32)45-3)46(43,44)31-17-10-7-11-18-31/h6-20,22-23,33H,4-5,21,24-26H2,1-3H3,(H,38,42). The van der Waals surface area contributed by atoms with Crippen molar-refractivity contribution in [1.82, 2.24) is 10.2 Å². The van der Waals surface area contributed by atoms with Crippen LogP contribution >= 0.6 is 11.6 Å². The molecule has 0 aliphatic heterocycles. The van der Waals surface area contributed by atoms with Crippen molar-refractivity contribution in [2.75, 3.05) is 24.5 Å². The summed E-state index contributed by atoms with van der Waals surface area (Å²) in [5.41, 5.74) is 2.56. The van der Waals surface area contributed by atoms with E-state index >= 15 is 0 Å². The summed E-state index contributed by atoms with van der Waals surface area (Å²) in [6.07, 6.45) is 1.89. The monoisotopic (exact) mass is 661 g/mol. The molecule has 0 aliphatic carbocycles. The zero-order valence-corrected chi connectivity index (χ0v) is 27.9. The van der Waals surface area contributed by atoms with Crippen LogP contribution in [0.1, 0.15) is 36.5 Å². The van der Waals surface area contributed by atoms with Gasteiger partial charge in [0.2, 0.25) is 11.8 Å². The van der Waals surface area contributed by atoms with Gasteiger partial charge in [0, 0.05) is 24.5 Å². The number of benzene rings is 4. The van der Waals surface area contributed by atoms with Crippen LogP contribution in [0.5, 0.6) is 5.75 Å². The molecule has 8 nitrogen and oxygen atoms in total. The van der Waals surface area contributed by atoms with Crippen LogP contribution in [0.3, 0.4) is 0 Å². The number of halogens is 1. The zero-order valence-electron chi connectivity index (χ0n) is 26.4. The number of methoxy groups -OCH3 is 1. The molecule has 242 valence electrons. The van der Waals surface area contributed by atoms with Gasteiger partial charge in [0.25, 0.3) is 10.0 Å². The average Bonchev–Trinajstić information content (AvgIpc) is 3.06. The van der Waals surface area contributed by atoms with Gasteiger partial charge in [-0.25, -0.2) is 8.42 Å². The first kappa shape index (κ1) is 34.5. The molecule has 1 N–H and O–H groups in total. The summed E-state index contributed by atoms with van der Waals surface area (Å²) in [6.45, 7) is 3.77. The van der Waals surface area contributed by atoms with Crippen LogP contribution in [0.15, 0.2) is 108 Å². The number of nitrogens with zero attached hydrogens (tertiary/aromatic N) is 2. The fourth-order valence-electron chi connectivity index (χ4n) is 5.12. The van der Waals surface area contributed by atoms with Gasteiger partial charge >= 0.3 is 0 Å². The summed E-state index contributed by atoms with van der Waals surface area (Å²) < 4.78 is 35.1. The summed E-state index contributed by atoms with van der Waals surface area (Å²) >= 11 is 6.32. The quantitative estimate of drug-likeness (QED) is 0.149. The van der Waals surface area contributed by atoms with Crippen LogP contribution in [0.25, 0.3) is 0 Å². The second-order valence-corrected chi connectivity index (χ2v) is 13.3. The van der Waals surface area contributed by atoms with E-state index in [4.69, 9.17) is 16.3 Å². The molecule has 0 radical (unpaired) electrons. The number of hydrogen-bond acceptors (Lipinski definition) is 5. The van der Waals surface area contributed by atoms with Gasteiger partial charge < -0.3 is 15.0 Å². The van der Waals surface area contributed by atoms with E-state index < -0.39 is 28.5 Å². The van der Waals surface area contributed by atoms with Crippen molar-refractivity contribution in [3.8, 4) is 5.75 Å². The molecule has 4 aromatic rings. The minimum Gasteiger partial charge on any atom is -0.495 e. The van der Waals surface area contributed by atoms with Crippen molar-refractivity contribution in [3.63, 3.8) is 0 Å². The van der Waals surface area contributed by atoms with E-state index in [9.17, 15) is 18.0 Å². The summed E-state index contributed by atoms with van der Waals surface area (Å²) in [5, 5.41) is 3.47. The first-order valence-corrected chi connectivity index (χ1v) is 17.0. The van der Waals surface area contributed by atoms with Crippen LogP contribution in [-0.2, 0) is 32.6 Å². The molecule has 0 spiro atoms. The molecule has 1 unspecified atom stereocenters. The maximum absolute atomic E-state index is 14.6. The Kier molecular flexibility index (Phi) is 12.2. The van der Waals surface area contributed by atoms with Crippen molar-refractivity contribution >= 4 is 39.1 Å². The second-order valence-electron chi connectivity index (χ2n) is 11.0. The highest BCUT2D eigenvalue weighted by molar-refractivity contribution is 7.92. The molecule has 0 fully saturated rings. The molecule has 0 bridgehead atoms. The fraction of sp³-hybridized carbons (Fsp3) is 0.278. The average molecular weight is 662 g/mol. The van der Waals surface area contributed by atoms with Gasteiger partial charge in [0.05, 0.1) is 17.7 Å². The summed E-state index contributed by atoms with van der Waals surface area (Å²) in [7, 11) is -2.80. The first-order chi connectivity index (χ1) is 22.1. The van der Waals surface area contributed by atoms with Crippen LogP contribution < -0.4 is 14.4 Å². The Morgan fingerprint density at radius 1 is 0.891 bits per heavy atom. The number of sulfonamides is 1. The van der Waals surface area contributed by atoms with Crippen LogP contribution in [-0.4, -0.2) is 51.4 Å². The van der Waals surface area contributed by atoms with Crippen molar-refractivity contribution in [1.29, 1.82) is 0 Å². The third kappa shape index (κ3) is 8.89. The highest BCUT2D eigenvalue weighted by Gasteiger charge is 2.35. The van der Waals surface area contributed by atoms with Gasteiger partial charge in [0.15, 0.2) is 0 Å². The minimum atomic E-state index is -4.25. The molecule has 4 aromatic carbocycles. The van der Waals surface area contributed by atoms with E-state index in [0.717, 1.165) is 28.3 Å². The third-order valence-electron chi connectivity index (χ3n) is 7.56. The molecule has 10 heteroatoms. The Hall–Kier alpha value is -4.34. The predicted octanol–water partition coefficient (Wildman–Crippen LogP) is 6.41. The SMILES string of the molecule is CCCCNC(=O)C(Cc1ccccc1)N(Cc1cccc(Cl)c1)C(=O)CN(c1cc(C)ccc1OC)S(=O)(=O)c1ccccc1. The molecule has 0 heterocycles. The minimum absolute atomic E-state index is 0.0193. The van der Waals surface area contributed by atoms with Crippen molar-refractivity contribution in [3.05, 3.63) is 125 Å². The highest BCUT2D eigenvalue weighted by Crippen LogP contribution is 2.34. The lowest BCUT2D eigenvalue weighted by Gasteiger charge is -2.34. The Labute approximate surface area is 277 Å². The van der Waals surface area contributed by atoms with Crippen LogP contribution in [0.2, 0.25) is 5.02 Å². The van der Waals surface area contributed by atoms with Gasteiger partial charge in [0.1, 0.15) is 18.3 Å². The highest BCUT2D eigenvalue weighted by atomic mass is 35.5. The normalized spacial score (nSPS) is 11.8. The van der Waals surface area contributed by atoms with Crippen molar-refractivity contribution in [2.24, 2.45) is 0 Å². The summed E-state index contributed by atoms with van der Waals surface area (Å²) in [5.74, 6) is -0.592. The van der Waals surface area contributed by atoms with Gasteiger partial charge in [-0.3, -0.25) is 13.9 Å². The third-order valence-corrected chi connectivity index (χ3v) is 9.56. The topological polar surface area (TPSA) is 96.0 Å². The molecule has 4 rings (SSSR count). The molecule has 0 aliphatic rings. The van der Waals surface area contributed by atoms with E-state index in [1.54, 1.807) is 54.6 Å². The number of unbranched alkanes of at least 4 members (excludes halogenated alkanes) is 1. The zero-order chi connectivity index (χ0) is 33.1. The maximum atomic E-state index is 14.6. The number of aryl methyl sites for hydroxylation is 1. The number of hydrogen-bond donors (Lipinski definition) is 1. The molecule has 2 amide bonds. The van der Waals surface area contributed by atoms with E-state index in [2.05, 4.69) is 5.32 Å². The van der Waals surface area contributed by atoms with E-state index in [1.165, 1.54) is 24.1 Å². The number of carbonyl (C=O) groups is 2. The van der Waals surface area contributed by atoms with Gasteiger partial charge in [-0.1, -0.05) is 91.7 Å². The Balaban J connectivity index is 1.83. The van der Waals surface area contributed by atoms with Crippen LogP contribution in [0, 0.1) is 6.92 Å². The van der Waals surface area contributed by atoms with Crippen LogP contribution in [0.4, 0.5) is 5.69 Å². The Morgan fingerprint density at radius 2 is 1.57 bits per heavy atom. The van der Waals surface area contributed by atoms with E-state index in [0.29, 0.717) is 17.1 Å². The lowest BCUT2D eigenvalue weighted by atomic mass is 10.0. The summed E-state index contributed by atoms with van der Waals surface area (Å²) in [4.78, 5) is 29.9. The van der Waals surface area contributed by atoms with Gasteiger partial charge in [-0.05, 0) is 66.4 Å². The second kappa shape index (κ2) is 16.3. The smallest absolute Gasteiger partial charge is 0.264 e. The number of anilines is 1. The Bertz CT molecular complexity index is 1720. The largest absolute Gasteiger partial charge is 0.495 e. The van der Waals surface area contributed by atoms with Crippen molar-refractivity contribution in [2.45, 2.75) is 50.6 Å². The first-order valence-electron chi connectivity index (χ1n) is 15.2.